The van der Waals surface area contributed by atoms with Gasteiger partial charge in [-0.1, -0.05) is 202 Å². The van der Waals surface area contributed by atoms with E-state index in [1.807, 2.05) is 11.3 Å². The fraction of sp³-hybridized carbons (Fsp3) is 0.188. The molecule has 1 spiro atoms. The first kappa shape index (κ1) is 44.3. The van der Waals surface area contributed by atoms with Crippen LogP contribution in [0.25, 0.3) is 43.5 Å². The van der Waals surface area contributed by atoms with Gasteiger partial charge >= 0.3 is 0 Å². The normalized spacial score (nSPS) is 14.7. The number of hydrogen-bond acceptors (Lipinski definition) is 3. The van der Waals surface area contributed by atoms with Crippen molar-refractivity contribution in [2.75, 3.05) is 9.80 Å². The molecule has 0 saturated heterocycles. The summed E-state index contributed by atoms with van der Waals surface area (Å²) < 4.78 is 2.71. The van der Waals surface area contributed by atoms with Crippen LogP contribution in [0.1, 0.15) is 101 Å². The number of rotatable bonds is 3. The van der Waals surface area contributed by atoms with Crippen LogP contribution >= 0.6 is 11.3 Å². The quantitative estimate of drug-likeness (QED) is 0.163. The predicted octanol–water partition coefficient (Wildman–Crippen LogP) is 16.9. The van der Waals surface area contributed by atoms with Crippen molar-refractivity contribution in [1.82, 2.24) is 0 Å². The highest BCUT2D eigenvalue weighted by Gasteiger charge is 2.53. The Kier molecular flexibility index (Phi) is 9.30. The number of thiophene rings is 1. The van der Waals surface area contributed by atoms with E-state index in [0.717, 1.165) is 5.69 Å². The van der Waals surface area contributed by atoms with Crippen LogP contribution < -0.4 is 25.5 Å². The Morgan fingerprint density at radius 3 is 1.59 bits per heavy atom. The summed E-state index contributed by atoms with van der Waals surface area (Å²) in [5.41, 5.74) is 27.1. The van der Waals surface area contributed by atoms with Crippen LogP contribution in [0.4, 0.5) is 34.1 Å². The van der Waals surface area contributed by atoms with Gasteiger partial charge in [-0.05, 0) is 154 Å². The van der Waals surface area contributed by atoms with Gasteiger partial charge in [-0.25, -0.2) is 0 Å². The minimum Gasteiger partial charge on any atom is -0.311 e. The molecule has 3 heterocycles. The highest BCUT2D eigenvalue weighted by atomic mass is 32.1. The molecule has 2 aliphatic carbocycles. The van der Waals surface area contributed by atoms with Crippen molar-refractivity contribution in [2.45, 2.75) is 84.0 Å². The summed E-state index contributed by atoms with van der Waals surface area (Å²) in [6, 6.07) is 74.7. The third-order valence-electron chi connectivity index (χ3n) is 16.7. The zero-order valence-corrected chi connectivity index (χ0v) is 44.2. The van der Waals surface area contributed by atoms with Gasteiger partial charge in [0.25, 0.3) is 6.71 Å². The van der Waals surface area contributed by atoms with Gasteiger partial charge in [0.1, 0.15) is 0 Å². The number of benzene rings is 9. The van der Waals surface area contributed by atoms with E-state index in [-0.39, 0.29) is 23.0 Å². The minimum atomic E-state index is -0.452. The summed E-state index contributed by atoms with van der Waals surface area (Å²) in [5.74, 6) is 0. The lowest BCUT2D eigenvalue weighted by atomic mass is 9.36. The number of hydrogen-bond donors (Lipinski definition) is 0. The maximum atomic E-state index is 2.62. The standard InChI is InChI=1S/C69H59BN2S/c1-66(2,3)43-35-36-48-49-40-50-61(41-56(49)69(55(48)39-43)51-28-18-16-26-46(51)47-27-17-19-29-52(47)69)73-65-64(50)72(45-24-14-11-15-25-45)59-33-21-32-58-63(59)70(65)57-37-34-42(38-60(57)71(58)44-22-12-10-13-23-44)62-53(67(4,5)6)30-20-31-54(62)68(7,8)9/h10-41H,1-9H3. The van der Waals surface area contributed by atoms with Crippen LogP contribution in [0.2, 0.25) is 0 Å². The molecule has 2 aliphatic heterocycles. The van der Waals surface area contributed by atoms with Crippen LogP contribution in [0.3, 0.4) is 0 Å². The highest BCUT2D eigenvalue weighted by molar-refractivity contribution is 7.33. The summed E-state index contributed by atoms with van der Waals surface area (Å²) in [4.78, 5) is 5.16. The first-order chi connectivity index (χ1) is 35.1. The van der Waals surface area contributed by atoms with Crippen LogP contribution in [0, 0.1) is 0 Å². The fourth-order valence-electron chi connectivity index (χ4n) is 13.5. The lowest BCUT2D eigenvalue weighted by Crippen LogP contribution is -2.60. The molecule has 0 unspecified atom stereocenters. The summed E-state index contributed by atoms with van der Waals surface area (Å²) in [6.45, 7) is 21.2. The fourth-order valence-corrected chi connectivity index (χ4v) is 14.8. The van der Waals surface area contributed by atoms with Crippen molar-refractivity contribution in [3.8, 4) is 33.4 Å². The van der Waals surface area contributed by atoms with Crippen molar-refractivity contribution in [2.24, 2.45) is 0 Å². The molecule has 354 valence electrons. The highest BCUT2D eigenvalue weighted by Crippen LogP contribution is 2.64. The van der Waals surface area contributed by atoms with Gasteiger partial charge < -0.3 is 9.80 Å². The van der Waals surface area contributed by atoms with Crippen LogP contribution in [0.5, 0.6) is 0 Å². The molecule has 0 saturated carbocycles. The Balaban J connectivity index is 1.08. The Bertz CT molecular complexity index is 3860. The second-order valence-corrected chi connectivity index (χ2v) is 25.1. The van der Waals surface area contributed by atoms with Gasteiger partial charge in [0.05, 0.1) is 11.1 Å². The summed E-state index contributed by atoms with van der Waals surface area (Å²) in [6.07, 6.45) is 0. The molecule has 0 bridgehead atoms. The summed E-state index contributed by atoms with van der Waals surface area (Å²) in [7, 11) is 0. The monoisotopic (exact) mass is 958 g/mol. The van der Waals surface area contributed by atoms with E-state index in [1.54, 1.807) is 0 Å². The van der Waals surface area contributed by atoms with E-state index in [4.69, 9.17) is 0 Å². The number of nitrogens with zero attached hydrogens (tertiary/aromatic N) is 2. The topological polar surface area (TPSA) is 6.48 Å². The van der Waals surface area contributed by atoms with Gasteiger partial charge in [0.2, 0.25) is 0 Å². The van der Waals surface area contributed by atoms with E-state index in [9.17, 15) is 0 Å². The average Bonchev–Trinajstić information content (AvgIpc) is 4.01. The van der Waals surface area contributed by atoms with Crippen molar-refractivity contribution in [3.63, 3.8) is 0 Å². The number of fused-ring (bicyclic) bond motifs is 16. The number of anilines is 6. The molecule has 0 radical (unpaired) electrons. The summed E-state index contributed by atoms with van der Waals surface area (Å²) in [5, 5.41) is 1.30. The van der Waals surface area contributed by atoms with E-state index >= 15 is 0 Å². The Labute approximate surface area is 435 Å². The molecular weight excluding hydrogens is 900 g/mol. The Morgan fingerprint density at radius 1 is 0.425 bits per heavy atom. The lowest BCUT2D eigenvalue weighted by Gasteiger charge is -2.43. The molecule has 0 amide bonds. The molecule has 73 heavy (non-hydrogen) atoms. The zero-order valence-electron chi connectivity index (χ0n) is 43.4. The predicted molar refractivity (Wildman–Crippen MR) is 314 cm³/mol. The molecule has 10 aromatic rings. The molecule has 2 nitrogen and oxygen atoms in total. The van der Waals surface area contributed by atoms with Crippen molar-refractivity contribution >= 4 is 78.0 Å². The van der Waals surface area contributed by atoms with E-state index in [0.29, 0.717) is 0 Å². The smallest absolute Gasteiger partial charge is 0.264 e. The molecular formula is C69H59BN2S. The molecule has 0 fully saturated rings. The Hall–Kier alpha value is -7.40. The zero-order chi connectivity index (χ0) is 49.9. The van der Waals surface area contributed by atoms with Crippen LogP contribution in [-0.4, -0.2) is 6.71 Å². The molecule has 1 aromatic heterocycles. The molecule has 14 rings (SSSR count). The maximum absolute atomic E-state index is 2.62. The third kappa shape index (κ3) is 6.17. The first-order valence-corrected chi connectivity index (χ1v) is 27.0. The van der Waals surface area contributed by atoms with E-state index in [1.165, 1.54) is 127 Å². The lowest BCUT2D eigenvalue weighted by molar-refractivity contribution is 0.572. The second-order valence-electron chi connectivity index (χ2n) is 24.0. The van der Waals surface area contributed by atoms with Crippen LogP contribution in [0.15, 0.2) is 194 Å². The van der Waals surface area contributed by atoms with Gasteiger partial charge in [-0.2, -0.15) is 0 Å². The maximum Gasteiger partial charge on any atom is 0.264 e. The van der Waals surface area contributed by atoms with Gasteiger partial charge in [-0.3, -0.25) is 0 Å². The molecule has 0 N–H and O–H groups in total. The Morgan fingerprint density at radius 2 is 0.973 bits per heavy atom. The average molecular weight is 959 g/mol. The SMILES string of the molecule is CC(C)(C)c1ccc2c(c1)C1(c3ccccc3-c3ccccc31)c1cc3sc4c(c3cc1-2)N(c1ccccc1)c1cccc2c1B4c1ccc(-c3c(C(C)(C)C)cccc3C(C)(C)C)cc1N2c1ccccc1. The third-order valence-corrected chi connectivity index (χ3v) is 17.9. The van der Waals surface area contributed by atoms with E-state index < -0.39 is 5.41 Å². The first-order valence-electron chi connectivity index (χ1n) is 26.2. The largest absolute Gasteiger partial charge is 0.311 e. The van der Waals surface area contributed by atoms with Crippen molar-refractivity contribution in [3.05, 3.63) is 233 Å². The summed E-state index contributed by atoms with van der Waals surface area (Å²) >= 11 is 2.01. The van der Waals surface area contributed by atoms with E-state index in [2.05, 4.69) is 266 Å². The molecule has 4 heteroatoms. The second kappa shape index (κ2) is 15.3. The molecule has 9 aromatic carbocycles. The number of para-hydroxylation sites is 2. The van der Waals surface area contributed by atoms with Crippen LogP contribution in [-0.2, 0) is 21.7 Å². The minimum absolute atomic E-state index is 0.000819. The van der Waals surface area contributed by atoms with Crippen molar-refractivity contribution < 1.29 is 0 Å². The molecule has 4 aliphatic rings. The van der Waals surface area contributed by atoms with Gasteiger partial charge in [0, 0.05) is 43.3 Å². The van der Waals surface area contributed by atoms with Gasteiger partial charge in [0.15, 0.2) is 0 Å². The molecule has 0 atom stereocenters. The van der Waals surface area contributed by atoms with Crippen molar-refractivity contribution in [1.29, 1.82) is 0 Å². The van der Waals surface area contributed by atoms with Gasteiger partial charge in [-0.15, -0.1) is 11.3 Å².